The fraction of sp³-hybridized carbons (Fsp3) is 0.875. The third kappa shape index (κ3) is 6.43. The largest absolute Gasteiger partial charge is 0.380 e. The summed E-state index contributed by atoms with van der Waals surface area (Å²) >= 11 is 5.39. The van der Waals surface area contributed by atoms with Gasteiger partial charge in [-0.2, -0.15) is 0 Å². The Bertz CT molecular complexity index is 130. The molecule has 0 saturated carbocycles. The normalized spacial score (nSPS) is 12.6. The van der Waals surface area contributed by atoms with Gasteiger partial charge in [-0.3, -0.25) is 4.79 Å². The van der Waals surface area contributed by atoms with Crippen molar-refractivity contribution in [3.63, 3.8) is 0 Å². The molecule has 0 radical (unpaired) electrons. The Hall–Kier alpha value is -0.280. The smallest absolute Gasteiger partial charge is 0.221 e. The van der Waals surface area contributed by atoms with E-state index in [9.17, 15) is 4.79 Å². The van der Waals surface area contributed by atoms with Crippen molar-refractivity contribution in [2.45, 2.75) is 26.3 Å². The molecule has 0 aromatic carbocycles. The molecule has 0 aliphatic carbocycles. The number of rotatable bonds is 6. The lowest BCUT2D eigenvalue weighted by atomic mass is 10.3. The quantitative estimate of drug-likeness (QED) is 0.643. The van der Waals surface area contributed by atoms with Gasteiger partial charge in [-0.25, -0.2) is 0 Å². The van der Waals surface area contributed by atoms with Crippen LogP contribution in [-0.4, -0.2) is 31.0 Å². The van der Waals surface area contributed by atoms with Crippen LogP contribution in [0.4, 0.5) is 0 Å². The number of ether oxygens (including phenoxy) is 1. The van der Waals surface area contributed by atoms with Crippen LogP contribution in [0.2, 0.25) is 0 Å². The summed E-state index contributed by atoms with van der Waals surface area (Å²) in [6.45, 7) is 5.06. The van der Waals surface area contributed by atoms with E-state index in [2.05, 4.69) is 5.32 Å². The van der Waals surface area contributed by atoms with Gasteiger partial charge in [-0.05, 0) is 13.8 Å². The predicted octanol–water partition coefficient (Wildman–Crippen LogP) is 1.16. The highest BCUT2D eigenvalue weighted by atomic mass is 35.5. The lowest BCUT2D eigenvalue weighted by molar-refractivity contribution is -0.121. The molecule has 0 rings (SSSR count). The molecule has 0 saturated heterocycles. The number of amides is 1. The fourth-order valence-corrected chi connectivity index (χ4v) is 0.941. The maximum absolute atomic E-state index is 11.0. The zero-order chi connectivity index (χ0) is 9.40. The minimum absolute atomic E-state index is 0.0165. The molecule has 1 unspecified atom stereocenters. The van der Waals surface area contributed by atoms with Crippen molar-refractivity contribution < 1.29 is 9.53 Å². The van der Waals surface area contributed by atoms with Gasteiger partial charge in [0.2, 0.25) is 5.91 Å². The Morgan fingerprint density at radius 3 is 2.83 bits per heavy atom. The van der Waals surface area contributed by atoms with Gasteiger partial charge in [0.05, 0.1) is 6.61 Å². The van der Waals surface area contributed by atoms with E-state index in [4.69, 9.17) is 16.3 Å². The molecular formula is C8H16ClNO2. The third-order valence-electron chi connectivity index (χ3n) is 1.30. The lowest BCUT2D eigenvalue weighted by Gasteiger charge is -2.12. The molecule has 3 nitrogen and oxygen atoms in total. The topological polar surface area (TPSA) is 38.3 Å². The summed E-state index contributed by atoms with van der Waals surface area (Å²) in [4.78, 5) is 11.0. The van der Waals surface area contributed by atoms with Crippen LogP contribution in [0.25, 0.3) is 0 Å². The molecule has 72 valence electrons. The second-order valence-corrected chi connectivity index (χ2v) is 2.94. The van der Waals surface area contributed by atoms with Crippen LogP contribution in [0, 0.1) is 0 Å². The molecule has 1 atom stereocenters. The molecule has 4 heteroatoms. The van der Waals surface area contributed by atoms with E-state index >= 15 is 0 Å². The van der Waals surface area contributed by atoms with Crippen molar-refractivity contribution >= 4 is 17.5 Å². The highest BCUT2D eigenvalue weighted by molar-refractivity contribution is 6.18. The number of hydrogen-bond acceptors (Lipinski definition) is 2. The van der Waals surface area contributed by atoms with Crippen LogP contribution in [0.15, 0.2) is 0 Å². The van der Waals surface area contributed by atoms with Crippen LogP contribution in [0.5, 0.6) is 0 Å². The van der Waals surface area contributed by atoms with Gasteiger partial charge in [0.25, 0.3) is 0 Å². The van der Waals surface area contributed by atoms with Crippen molar-refractivity contribution in [1.82, 2.24) is 5.32 Å². The number of halogens is 1. The van der Waals surface area contributed by atoms with Gasteiger partial charge >= 0.3 is 0 Å². The molecule has 0 aromatic heterocycles. The zero-order valence-electron chi connectivity index (χ0n) is 7.60. The number of alkyl halides is 1. The second-order valence-electron chi connectivity index (χ2n) is 2.57. The minimum Gasteiger partial charge on any atom is -0.380 e. The Labute approximate surface area is 78.4 Å². The predicted molar refractivity (Wildman–Crippen MR) is 49.4 cm³/mol. The summed E-state index contributed by atoms with van der Waals surface area (Å²) in [6, 6.07) is 0.0701. The number of nitrogens with one attached hydrogen (secondary N) is 1. The first-order chi connectivity index (χ1) is 5.70. The third-order valence-corrected chi connectivity index (χ3v) is 1.49. The van der Waals surface area contributed by atoms with Crippen LogP contribution in [-0.2, 0) is 9.53 Å². The summed E-state index contributed by atoms with van der Waals surface area (Å²) in [5.41, 5.74) is 0. The minimum atomic E-state index is -0.0165. The molecule has 0 aromatic rings. The Morgan fingerprint density at radius 2 is 2.33 bits per heavy atom. The molecule has 0 aliphatic rings. The van der Waals surface area contributed by atoms with Crippen molar-refractivity contribution in [2.75, 3.05) is 19.1 Å². The molecule has 0 fully saturated rings. The van der Waals surface area contributed by atoms with Crippen molar-refractivity contribution in [2.24, 2.45) is 0 Å². The second kappa shape index (κ2) is 7.37. The van der Waals surface area contributed by atoms with Crippen LogP contribution in [0.1, 0.15) is 20.3 Å². The van der Waals surface area contributed by atoms with E-state index in [0.29, 0.717) is 25.5 Å². The summed E-state index contributed by atoms with van der Waals surface area (Å²) in [5, 5.41) is 2.77. The first-order valence-corrected chi connectivity index (χ1v) is 4.67. The zero-order valence-corrected chi connectivity index (χ0v) is 8.36. The molecule has 0 heterocycles. The standard InChI is InChI=1S/C8H16ClNO2/c1-3-12-6-7(2)10-8(11)4-5-9/h7H,3-6H2,1-2H3,(H,10,11). The van der Waals surface area contributed by atoms with Gasteiger partial charge in [0, 0.05) is 24.9 Å². The Morgan fingerprint density at radius 1 is 1.67 bits per heavy atom. The van der Waals surface area contributed by atoms with E-state index in [0.717, 1.165) is 0 Å². The van der Waals surface area contributed by atoms with E-state index < -0.39 is 0 Å². The highest BCUT2D eigenvalue weighted by Crippen LogP contribution is 1.88. The van der Waals surface area contributed by atoms with E-state index in [-0.39, 0.29) is 11.9 Å². The molecule has 1 amide bonds. The molecule has 0 bridgehead atoms. The van der Waals surface area contributed by atoms with Gasteiger partial charge < -0.3 is 10.1 Å². The van der Waals surface area contributed by atoms with Gasteiger partial charge in [-0.1, -0.05) is 0 Å². The average molecular weight is 194 g/mol. The average Bonchev–Trinajstić information content (AvgIpc) is 2.01. The van der Waals surface area contributed by atoms with Crippen LogP contribution in [0.3, 0.4) is 0 Å². The van der Waals surface area contributed by atoms with Gasteiger partial charge in [0.1, 0.15) is 0 Å². The first kappa shape index (κ1) is 11.7. The number of hydrogen-bond donors (Lipinski definition) is 1. The number of carbonyl (C=O) groups excluding carboxylic acids is 1. The van der Waals surface area contributed by atoms with Crippen LogP contribution < -0.4 is 5.32 Å². The summed E-state index contributed by atoms with van der Waals surface area (Å²) < 4.78 is 5.13. The van der Waals surface area contributed by atoms with Gasteiger partial charge in [-0.15, -0.1) is 11.6 Å². The molecule has 1 N–H and O–H groups in total. The van der Waals surface area contributed by atoms with Crippen LogP contribution >= 0.6 is 11.6 Å². The molecule has 0 aliphatic heterocycles. The lowest BCUT2D eigenvalue weighted by Crippen LogP contribution is -2.35. The Balaban J connectivity index is 3.40. The number of carbonyl (C=O) groups is 1. The first-order valence-electron chi connectivity index (χ1n) is 4.13. The maximum Gasteiger partial charge on any atom is 0.221 e. The van der Waals surface area contributed by atoms with Crippen molar-refractivity contribution in [3.8, 4) is 0 Å². The fourth-order valence-electron chi connectivity index (χ4n) is 0.769. The van der Waals surface area contributed by atoms with Gasteiger partial charge in [0.15, 0.2) is 0 Å². The Kier molecular flexibility index (Phi) is 7.20. The molecule has 12 heavy (non-hydrogen) atoms. The summed E-state index contributed by atoms with van der Waals surface area (Å²) in [7, 11) is 0. The monoisotopic (exact) mass is 193 g/mol. The van der Waals surface area contributed by atoms with E-state index in [1.807, 2.05) is 13.8 Å². The SMILES string of the molecule is CCOCC(C)NC(=O)CCCl. The van der Waals surface area contributed by atoms with E-state index in [1.165, 1.54) is 0 Å². The summed E-state index contributed by atoms with van der Waals surface area (Å²) in [5.74, 6) is 0.352. The molecular weight excluding hydrogens is 178 g/mol. The van der Waals surface area contributed by atoms with Crippen molar-refractivity contribution in [3.05, 3.63) is 0 Å². The van der Waals surface area contributed by atoms with Crippen molar-refractivity contribution in [1.29, 1.82) is 0 Å². The summed E-state index contributed by atoms with van der Waals surface area (Å²) in [6.07, 6.45) is 0.373. The highest BCUT2D eigenvalue weighted by Gasteiger charge is 2.05. The molecule has 0 spiro atoms. The maximum atomic E-state index is 11.0. The van der Waals surface area contributed by atoms with E-state index in [1.54, 1.807) is 0 Å².